The van der Waals surface area contributed by atoms with Crippen LogP contribution in [0.25, 0.3) is 0 Å². The molecular weight excluding hydrogens is 110 g/mol. The first-order valence-corrected chi connectivity index (χ1v) is 3.46. The highest BCUT2D eigenvalue weighted by molar-refractivity contribution is 5.25. The Kier molecular flexibility index (Phi) is 0.778. The lowest BCUT2D eigenvalue weighted by Crippen LogP contribution is -2.33. The fraction of sp³-hybridized carbons (Fsp3) is 0.625. The molecule has 1 heteroatoms. The van der Waals surface area contributed by atoms with Gasteiger partial charge in [0.1, 0.15) is 0 Å². The number of fused-ring (bicyclic) bond motifs is 1. The van der Waals surface area contributed by atoms with E-state index in [0.29, 0.717) is 5.92 Å². The standard InChI is InChI=1S/C8H9N/c9-6-8-4-1-2-7(8)3-5-8/h1,4,7H,2-3,5H2. The van der Waals surface area contributed by atoms with Crippen molar-refractivity contribution in [2.75, 3.05) is 0 Å². The van der Waals surface area contributed by atoms with Gasteiger partial charge in [-0.3, -0.25) is 0 Å². The summed E-state index contributed by atoms with van der Waals surface area (Å²) in [5.74, 6) is 0.683. The molecule has 0 bridgehead atoms. The van der Waals surface area contributed by atoms with Crippen LogP contribution in [-0.2, 0) is 0 Å². The Labute approximate surface area is 55.0 Å². The van der Waals surface area contributed by atoms with Crippen molar-refractivity contribution in [2.45, 2.75) is 19.3 Å². The molecule has 0 N–H and O–H groups in total. The molecule has 46 valence electrons. The summed E-state index contributed by atoms with van der Waals surface area (Å²) >= 11 is 0. The summed E-state index contributed by atoms with van der Waals surface area (Å²) in [4.78, 5) is 0. The second-order valence-corrected chi connectivity index (χ2v) is 3.03. The molecule has 0 aromatic carbocycles. The van der Waals surface area contributed by atoms with E-state index >= 15 is 0 Å². The van der Waals surface area contributed by atoms with Crippen LogP contribution in [0.15, 0.2) is 12.2 Å². The van der Waals surface area contributed by atoms with Gasteiger partial charge in [0.2, 0.25) is 0 Å². The minimum absolute atomic E-state index is 0.000000000000000444. The third-order valence-electron chi connectivity index (χ3n) is 2.68. The molecule has 0 heterocycles. The van der Waals surface area contributed by atoms with Crippen molar-refractivity contribution < 1.29 is 0 Å². The third kappa shape index (κ3) is 0.439. The molecule has 1 saturated carbocycles. The van der Waals surface area contributed by atoms with Crippen LogP contribution in [0.3, 0.4) is 0 Å². The van der Waals surface area contributed by atoms with E-state index in [9.17, 15) is 0 Å². The second-order valence-electron chi connectivity index (χ2n) is 3.03. The number of rotatable bonds is 0. The van der Waals surface area contributed by atoms with E-state index in [1.165, 1.54) is 6.42 Å². The van der Waals surface area contributed by atoms with Gasteiger partial charge < -0.3 is 0 Å². The van der Waals surface area contributed by atoms with Crippen molar-refractivity contribution in [1.29, 1.82) is 5.26 Å². The third-order valence-corrected chi connectivity index (χ3v) is 2.68. The van der Waals surface area contributed by atoms with Crippen LogP contribution in [0.5, 0.6) is 0 Å². The lowest BCUT2D eigenvalue weighted by atomic mass is 9.63. The summed E-state index contributed by atoms with van der Waals surface area (Å²) in [6.07, 6.45) is 7.76. The Hall–Kier alpha value is -0.770. The summed E-state index contributed by atoms with van der Waals surface area (Å²) in [5.41, 5.74) is 0.000000000000000444. The van der Waals surface area contributed by atoms with E-state index in [2.05, 4.69) is 18.2 Å². The molecule has 9 heavy (non-hydrogen) atoms. The quantitative estimate of drug-likeness (QED) is 0.446. The van der Waals surface area contributed by atoms with Gasteiger partial charge in [-0.2, -0.15) is 5.26 Å². The van der Waals surface area contributed by atoms with E-state index < -0.39 is 0 Å². The van der Waals surface area contributed by atoms with Crippen molar-refractivity contribution >= 4 is 0 Å². The Balaban J connectivity index is 2.31. The molecule has 2 aliphatic carbocycles. The molecule has 1 nitrogen and oxygen atoms in total. The molecule has 0 spiro atoms. The smallest absolute Gasteiger partial charge is 0.0784 e. The van der Waals surface area contributed by atoms with Gasteiger partial charge in [0.05, 0.1) is 11.5 Å². The molecule has 2 atom stereocenters. The van der Waals surface area contributed by atoms with Gasteiger partial charge in [0, 0.05) is 0 Å². The number of hydrogen-bond donors (Lipinski definition) is 0. The Morgan fingerprint density at radius 1 is 1.67 bits per heavy atom. The lowest BCUT2D eigenvalue weighted by Gasteiger charge is -2.38. The van der Waals surface area contributed by atoms with Crippen LogP contribution in [0.4, 0.5) is 0 Å². The minimum atomic E-state index is 0.000000000000000444. The van der Waals surface area contributed by atoms with Crippen molar-refractivity contribution in [3.05, 3.63) is 12.2 Å². The molecule has 0 aromatic rings. The number of nitrogens with zero attached hydrogens (tertiary/aromatic N) is 1. The van der Waals surface area contributed by atoms with Gasteiger partial charge in [-0.1, -0.05) is 12.2 Å². The molecular formula is C8H9N. The van der Waals surface area contributed by atoms with Crippen LogP contribution in [-0.4, -0.2) is 0 Å². The molecule has 2 rings (SSSR count). The normalized spacial score (nSPS) is 45.4. The highest BCUT2D eigenvalue weighted by Gasteiger charge is 2.46. The summed E-state index contributed by atoms with van der Waals surface area (Å²) in [5, 5.41) is 8.75. The van der Waals surface area contributed by atoms with E-state index in [1.807, 2.05) is 0 Å². The minimum Gasteiger partial charge on any atom is -0.197 e. The zero-order valence-corrected chi connectivity index (χ0v) is 5.30. The maximum Gasteiger partial charge on any atom is 0.0784 e. The number of allylic oxidation sites excluding steroid dienone is 2. The van der Waals surface area contributed by atoms with Crippen LogP contribution in [0.1, 0.15) is 19.3 Å². The number of hydrogen-bond acceptors (Lipinski definition) is 1. The Morgan fingerprint density at radius 2 is 2.56 bits per heavy atom. The van der Waals surface area contributed by atoms with Gasteiger partial charge in [0.15, 0.2) is 0 Å². The molecule has 0 aromatic heterocycles. The van der Waals surface area contributed by atoms with Gasteiger partial charge in [-0.05, 0) is 25.2 Å². The molecule has 0 radical (unpaired) electrons. The predicted octanol–water partition coefficient (Wildman–Crippen LogP) is 1.87. The van der Waals surface area contributed by atoms with Crippen molar-refractivity contribution in [2.24, 2.45) is 11.3 Å². The van der Waals surface area contributed by atoms with E-state index in [0.717, 1.165) is 12.8 Å². The average molecular weight is 119 g/mol. The molecule has 0 saturated heterocycles. The summed E-state index contributed by atoms with van der Waals surface area (Å²) in [7, 11) is 0. The lowest BCUT2D eigenvalue weighted by molar-refractivity contribution is 0.169. The van der Waals surface area contributed by atoms with Gasteiger partial charge in [0.25, 0.3) is 0 Å². The van der Waals surface area contributed by atoms with Gasteiger partial charge >= 0.3 is 0 Å². The summed E-state index contributed by atoms with van der Waals surface area (Å²) in [6, 6.07) is 2.39. The molecule has 0 amide bonds. The highest BCUT2D eigenvalue weighted by Crippen LogP contribution is 2.52. The second kappa shape index (κ2) is 1.39. The summed E-state index contributed by atoms with van der Waals surface area (Å²) < 4.78 is 0. The number of nitriles is 1. The molecule has 0 aliphatic heterocycles. The van der Waals surface area contributed by atoms with Crippen molar-refractivity contribution in [1.82, 2.24) is 0 Å². The average Bonchev–Trinajstić information content (AvgIpc) is 2.10. The maximum atomic E-state index is 8.75. The summed E-state index contributed by atoms with van der Waals surface area (Å²) in [6.45, 7) is 0. The predicted molar refractivity (Wildman–Crippen MR) is 34.5 cm³/mol. The largest absolute Gasteiger partial charge is 0.197 e. The van der Waals surface area contributed by atoms with Gasteiger partial charge in [-0.25, -0.2) is 0 Å². The Bertz CT molecular complexity index is 199. The van der Waals surface area contributed by atoms with Crippen LogP contribution in [0.2, 0.25) is 0 Å². The Morgan fingerprint density at radius 3 is 2.89 bits per heavy atom. The zero-order chi connectivity index (χ0) is 6.32. The van der Waals surface area contributed by atoms with E-state index in [1.54, 1.807) is 0 Å². The fourth-order valence-electron chi connectivity index (χ4n) is 1.83. The van der Waals surface area contributed by atoms with Crippen LogP contribution in [0, 0.1) is 22.7 Å². The first kappa shape index (κ1) is 5.05. The van der Waals surface area contributed by atoms with E-state index in [-0.39, 0.29) is 5.41 Å². The topological polar surface area (TPSA) is 23.8 Å². The first-order chi connectivity index (χ1) is 4.37. The highest BCUT2D eigenvalue weighted by atomic mass is 14.5. The fourth-order valence-corrected chi connectivity index (χ4v) is 1.83. The molecule has 2 unspecified atom stereocenters. The van der Waals surface area contributed by atoms with Crippen molar-refractivity contribution in [3.8, 4) is 6.07 Å². The van der Waals surface area contributed by atoms with Crippen molar-refractivity contribution in [3.63, 3.8) is 0 Å². The zero-order valence-electron chi connectivity index (χ0n) is 5.30. The van der Waals surface area contributed by atoms with Crippen LogP contribution < -0.4 is 0 Å². The van der Waals surface area contributed by atoms with E-state index in [4.69, 9.17) is 5.26 Å². The molecule has 1 fully saturated rings. The first-order valence-electron chi connectivity index (χ1n) is 3.46. The van der Waals surface area contributed by atoms with Gasteiger partial charge in [-0.15, -0.1) is 0 Å². The SMILES string of the molecule is N#CC12C=CCC1CC2. The molecule has 2 aliphatic rings. The van der Waals surface area contributed by atoms with Crippen LogP contribution >= 0.6 is 0 Å². The monoisotopic (exact) mass is 119 g/mol. The maximum absolute atomic E-state index is 8.75.